The van der Waals surface area contributed by atoms with Crippen LogP contribution in [0.1, 0.15) is 31.0 Å². The first-order valence-corrected chi connectivity index (χ1v) is 8.33. The zero-order valence-electron chi connectivity index (χ0n) is 14.3. The number of benzene rings is 1. The fourth-order valence-corrected chi connectivity index (χ4v) is 3.06. The number of piperazine rings is 1. The summed E-state index contributed by atoms with van der Waals surface area (Å²) in [5.41, 5.74) is 2.51. The summed E-state index contributed by atoms with van der Waals surface area (Å²) < 4.78 is 5.97. The summed E-state index contributed by atoms with van der Waals surface area (Å²) in [5.74, 6) is 0.992. The van der Waals surface area contributed by atoms with Crippen LogP contribution < -0.4 is 10.1 Å². The molecule has 5 heteroatoms. The maximum Gasteiger partial charge on any atom is 0.124 e. The van der Waals surface area contributed by atoms with Crippen molar-refractivity contribution in [3.8, 4) is 5.75 Å². The molecule has 1 N–H and O–H groups in total. The largest absolute Gasteiger partial charge is 0.491 e. The van der Waals surface area contributed by atoms with Crippen LogP contribution in [-0.4, -0.2) is 35.6 Å². The van der Waals surface area contributed by atoms with Gasteiger partial charge in [0.15, 0.2) is 0 Å². The third-order valence-electron chi connectivity index (χ3n) is 4.13. The minimum absolute atomic E-state index is 0. The SMILES string of the molecule is CC(C)Oc1ccccc1CN1CCNCC1c1cccnc1.Cl. The number of ether oxygens (including phenoxy) is 1. The van der Waals surface area contributed by atoms with E-state index in [1.54, 1.807) is 0 Å². The van der Waals surface area contributed by atoms with Crippen molar-refractivity contribution in [1.82, 2.24) is 15.2 Å². The summed E-state index contributed by atoms with van der Waals surface area (Å²) in [6, 6.07) is 12.9. The first-order valence-electron chi connectivity index (χ1n) is 8.33. The predicted octanol–water partition coefficient (Wildman–Crippen LogP) is 3.44. The molecule has 4 nitrogen and oxygen atoms in total. The maximum atomic E-state index is 5.97. The second-order valence-electron chi connectivity index (χ2n) is 6.25. The highest BCUT2D eigenvalue weighted by atomic mass is 35.5. The molecule has 3 rings (SSSR count). The Labute approximate surface area is 150 Å². The predicted molar refractivity (Wildman–Crippen MR) is 99.7 cm³/mol. The molecule has 2 aromatic rings. The molecule has 1 aliphatic heterocycles. The second kappa shape index (κ2) is 9.02. The summed E-state index contributed by atoms with van der Waals surface area (Å²) >= 11 is 0. The van der Waals surface area contributed by atoms with E-state index in [0.717, 1.165) is 31.9 Å². The van der Waals surface area contributed by atoms with Gasteiger partial charge in [0.1, 0.15) is 5.75 Å². The minimum Gasteiger partial charge on any atom is -0.491 e. The Hall–Kier alpha value is -1.62. The van der Waals surface area contributed by atoms with Crippen LogP contribution in [0.25, 0.3) is 0 Å². The first kappa shape index (κ1) is 18.7. The van der Waals surface area contributed by atoms with Gasteiger partial charge >= 0.3 is 0 Å². The number of rotatable bonds is 5. The zero-order chi connectivity index (χ0) is 16.1. The molecule has 1 fully saturated rings. The molecule has 1 saturated heterocycles. The van der Waals surface area contributed by atoms with Crippen LogP contribution in [0.15, 0.2) is 48.8 Å². The Bertz CT molecular complexity index is 621. The summed E-state index contributed by atoms with van der Waals surface area (Å²) in [6.07, 6.45) is 3.99. The van der Waals surface area contributed by atoms with Crippen LogP contribution in [0.3, 0.4) is 0 Å². The van der Waals surface area contributed by atoms with Crippen molar-refractivity contribution in [3.05, 3.63) is 59.9 Å². The van der Waals surface area contributed by atoms with E-state index in [-0.39, 0.29) is 18.5 Å². The second-order valence-corrected chi connectivity index (χ2v) is 6.25. The Kier molecular flexibility index (Phi) is 7.03. The lowest BCUT2D eigenvalue weighted by Crippen LogP contribution is -2.45. The van der Waals surface area contributed by atoms with Gasteiger partial charge in [0.05, 0.1) is 6.10 Å². The molecule has 1 aromatic heterocycles. The number of nitrogens with one attached hydrogen (secondary N) is 1. The topological polar surface area (TPSA) is 37.4 Å². The Balaban J connectivity index is 0.00000208. The normalized spacial score (nSPS) is 18.2. The van der Waals surface area contributed by atoms with E-state index in [0.29, 0.717) is 6.04 Å². The van der Waals surface area contributed by atoms with Crippen molar-refractivity contribution in [2.24, 2.45) is 0 Å². The molecule has 1 aromatic carbocycles. The lowest BCUT2D eigenvalue weighted by Gasteiger charge is -2.36. The molecule has 0 amide bonds. The molecule has 2 heterocycles. The number of nitrogens with zero attached hydrogens (tertiary/aromatic N) is 2. The van der Waals surface area contributed by atoms with Crippen molar-refractivity contribution < 1.29 is 4.74 Å². The quantitative estimate of drug-likeness (QED) is 0.899. The molecular weight excluding hydrogens is 322 g/mol. The molecule has 1 aliphatic rings. The summed E-state index contributed by atoms with van der Waals surface area (Å²) in [6.45, 7) is 8.03. The highest BCUT2D eigenvalue weighted by Crippen LogP contribution is 2.27. The van der Waals surface area contributed by atoms with Gasteiger partial charge in [-0.25, -0.2) is 0 Å². The third kappa shape index (κ3) is 4.69. The van der Waals surface area contributed by atoms with E-state index in [4.69, 9.17) is 4.74 Å². The van der Waals surface area contributed by atoms with Gasteiger partial charge in [-0.3, -0.25) is 9.88 Å². The molecule has 0 bridgehead atoms. The van der Waals surface area contributed by atoms with Gasteiger partial charge in [-0.1, -0.05) is 24.3 Å². The number of hydrogen-bond acceptors (Lipinski definition) is 4. The van der Waals surface area contributed by atoms with Gasteiger partial charge in [-0.05, 0) is 31.5 Å². The lowest BCUT2D eigenvalue weighted by molar-refractivity contribution is 0.149. The number of pyridine rings is 1. The average Bonchev–Trinajstić information content (AvgIpc) is 2.57. The van der Waals surface area contributed by atoms with E-state index < -0.39 is 0 Å². The molecule has 0 spiro atoms. The Morgan fingerprint density at radius 2 is 2.08 bits per heavy atom. The maximum absolute atomic E-state index is 5.97. The summed E-state index contributed by atoms with van der Waals surface area (Å²) in [5, 5.41) is 3.50. The van der Waals surface area contributed by atoms with Gasteiger partial charge < -0.3 is 10.1 Å². The highest BCUT2D eigenvalue weighted by Gasteiger charge is 2.24. The molecular formula is C19H26ClN3O. The van der Waals surface area contributed by atoms with Crippen molar-refractivity contribution in [2.75, 3.05) is 19.6 Å². The molecule has 1 unspecified atom stereocenters. The molecule has 0 radical (unpaired) electrons. The van der Waals surface area contributed by atoms with Gasteiger partial charge in [0.2, 0.25) is 0 Å². The van der Waals surface area contributed by atoms with Crippen molar-refractivity contribution >= 4 is 12.4 Å². The molecule has 24 heavy (non-hydrogen) atoms. The van der Waals surface area contributed by atoms with E-state index in [1.165, 1.54) is 11.1 Å². The van der Waals surface area contributed by atoms with Gasteiger partial charge in [0.25, 0.3) is 0 Å². The van der Waals surface area contributed by atoms with E-state index in [1.807, 2.05) is 24.5 Å². The molecule has 0 saturated carbocycles. The van der Waals surface area contributed by atoms with Gasteiger partial charge in [-0.2, -0.15) is 0 Å². The number of para-hydroxylation sites is 1. The fraction of sp³-hybridized carbons (Fsp3) is 0.421. The number of halogens is 1. The van der Waals surface area contributed by atoms with E-state index in [9.17, 15) is 0 Å². The van der Waals surface area contributed by atoms with E-state index >= 15 is 0 Å². The third-order valence-corrected chi connectivity index (χ3v) is 4.13. The smallest absolute Gasteiger partial charge is 0.124 e. The number of aromatic nitrogens is 1. The molecule has 130 valence electrons. The first-order chi connectivity index (χ1) is 11.2. The standard InChI is InChI=1S/C19H25N3O.ClH/c1-15(2)23-19-8-4-3-6-17(19)14-22-11-10-21-13-18(22)16-7-5-9-20-12-16;/h3-9,12,15,18,21H,10-11,13-14H2,1-2H3;1H. The summed E-state index contributed by atoms with van der Waals surface area (Å²) in [4.78, 5) is 6.79. The van der Waals surface area contributed by atoms with Crippen LogP contribution in [0.4, 0.5) is 0 Å². The van der Waals surface area contributed by atoms with Gasteiger partial charge in [-0.15, -0.1) is 12.4 Å². The van der Waals surface area contributed by atoms with Crippen LogP contribution in [0.5, 0.6) is 5.75 Å². The molecule has 0 aliphatic carbocycles. The van der Waals surface area contributed by atoms with Crippen molar-refractivity contribution in [3.63, 3.8) is 0 Å². The average molecular weight is 348 g/mol. The Morgan fingerprint density at radius 3 is 2.83 bits per heavy atom. The molecule has 1 atom stereocenters. The van der Waals surface area contributed by atoms with Crippen LogP contribution in [-0.2, 0) is 6.54 Å². The van der Waals surface area contributed by atoms with Crippen LogP contribution >= 0.6 is 12.4 Å². The number of hydrogen-bond donors (Lipinski definition) is 1. The van der Waals surface area contributed by atoms with Gasteiger partial charge in [0, 0.05) is 50.2 Å². The van der Waals surface area contributed by atoms with Crippen LogP contribution in [0, 0.1) is 0 Å². The van der Waals surface area contributed by atoms with E-state index in [2.05, 4.69) is 53.3 Å². The van der Waals surface area contributed by atoms with Crippen LogP contribution in [0.2, 0.25) is 0 Å². The monoisotopic (exact) mass is 347 g/mol. The van der Waals surface area contributed by atoms with Crippen molar-refractivity contribution in [2.45, 2.75) is 32.5 Å². The highest BCUT2D eigenvalue weighted by molar-refractivity contribution is 5.85. The Morgan fingerprint density at radius 1 is 1.25 bits per heavy atom. The van der Waals surface area contributed by atoms with Crippen molar-refractivity contribution in [1.29, 1.82) is 0 Å². The minimum atomic E-state index is 0. The summed E-state index contributed by atoms with van der Waals surface area (Å²) in [7, 11) is 0. The lowest BCUT2D eigenvalue weighted by atomic mass is 10.0. The zero-order valence-corrected chi connectivity index (χ0v) is 15.1. The fourth-order valence-electron chi connectivity index (χ4n) is 3.06.